The third-order valence-electron chi connectivity index (χ3n) is 2.30. The van der Waals surface area contributed by atoms with Gasteiger partial charge in [-0.25, -0.2) is 9.97 Å². The van der Waals surface area contributed by atoms with Gasteiger partial charge in [0.2, 0.25) is 0 Å². The van der Waals surface area contributed by atoms with Crippen LogP contribution in [0.2, 0.25) is 0 Å². The summed E-state index contributed by atoms with van der Waals surface area (Å²) in [4.78, 5) is 8.71. The lowest BCUT2D eigenvalue weighted by atomic mass is 10.2. The van der Waals surface area contributed by atoms with Crippen LogP contribution in [0, 0.1) is 0 Å². The fourth-order valence-corrected chi connectivity index (χ4v) is 1.35. The van der Waals surface area contributed by atoms with Gasteiger partial charge in [-0.3, -0.25) is 0 Å². The van der Waals surface area contributed by atoms with Crippen LogP contribution in [0.3, 0.4) is 0 Å². The summed E-state index contributed by atoms with van der Waals surface area (Å²) in [6.07, 6.45) is 2.52. The maximum atomic E-state index is 5.71. The van der Waals surface area contributed by atoms with Gasteiger partial charge in [0.25, 0.3) is 0 Å². The van der Waals surface area contributed by atoms with Gasteiger partial charge in [0.15, 0.2) is 0 Å². The number of aromatic nitrogens is 2. The first-order valence-corrected chi connectivity index (χ1v) is 4.81. The van der Waals surface area contributed by atoms with Crippen molar-refractivity contribution in [2.45, 2.75) is 38.5 Å². The fraction of sp³-hybridized carbons (Fsp3) is 0.600. The molecule has 1 aliphatic rings. The molecule has 0 spiro atoms. The molecule has 2 rings (SSSR count). The molecule has 1 saturated carbocycles. The number of nitrogens with zero attached hydrogens (tertiary/aromatic N) is 2. The van der Waals surface area contributed by atoms with Gasteiger partial charge in [-0.05, 0) is 12.8 Å². The maximum Gasteiger partial charge on any atom is 0.133 e. The van der Waals surface area contributed by atoms with Crippen molar-refractivity contribution in [1.29, 1.82) is 0 Å². The summed E-state index contributed by atoms with van der Waals surface area (Å²) < 4.78 is 0. The summed E-state index contributed by atoms with van der Waals surface area (Å²) in [5.74, 6) is 2.51. The Balaban J connectivity index is 2.36. The van der Waals surface area contributed by atoms with Gasteiger partial charge in [-0.1, -0.05) is 13.8 Å². The average molecular weight is 177 g/mol. The topological polar surface area (TPSA) is 51.8 Å². The Hall–Kier alpha value is -1.12. The van der Waals surface area contributed by atoms with Gasteiger partial charge >= 0.3 is 0 Å². The van der Waals surface area contributed by atoms with Crippen LogP contribution in [0.5, 0.6) is 0 Å². The average Bonchev–Trinajstić information content (AvgIpc) is 2.85. The Morgan fingerprint density at radius 2 is 2.08 bits per heavy atom. The van der Waals surface area contributed by atoms with E-state index in [2.05, 4.69) is 23.8 Å². The number of anilines is 1. The lowest BCUT2D eigenvalue weighted by Crippen LogP contribution is -2.04. The second-order valence-electron chi connectivity index (χ2n) is 4.00. The highest BCUT2D eigenvalue weighted by Crippen LogP contribution is 2.39. The Labute approximate surface area is 78.4 Å². The molecule has 0 radical (unpaired) electrons. The Bertz CT molecular complexity index is 296. The Morgan fingerprint density at radius 1 is 1.38 bits per heavy atom. The highest BCUT2D eigenvalue weighted by Gasteiger charge is 2.26. The zero-order valence-corrected chi connectivity index (χ0v) is 8.12. The van der Waals surface area contributed by atoms with Crippen LogP contribution >= 0.6 is 0 Å². The van der Waals surface area contributed by atoms with Crippen LogP contribution < -0.4 is 5.73 Å². The zero-order chi connectivity index (χ0) is 9.42. The standard InChI is InChI=1S/C10H15N3/c1-6(2)10-12-8(7-3-4-7)5-9(11)13-10/h5-7H,3-4H2,1-2H3,(H2,11,12,13). The predicted octanol–water partition coefficient (Wildman–Crippen LogP) is 2.06. The quantitative estimate of drug-likeness (QED) is 0.752. The molecule has 0 aromatic carbocycles. The Morgan fingerprint density at radius 3 is 2.62 bits per heavy atom. The van der Waals surface area contributed by atoms with Crippen molar-refractivity contribution < 1.29 is 0 Å². The van der Waals surface area contributed by atoms with E-state index in [0.717, 1.165) is 11.5 Å². The van der Waals surface area contributed by atoms with E-state index in [1.54, 1.807) is 0 Å². The lowest BCUT2D eigenvalue weighted by molar-refractivity contribution is 0.760. The van der Waals surface area contributed by atoms with Crippen molar-refractivity contribution in [3.63, 3.8) is 0 Å². The molecule has 3 nitrogen and oxygen atoms in total. The van der Waals surface area contributed by atoms with Crippen molar-refractivity contribution in [2.75, 3.05) is 5.73 Å². The molecule has 0 bridgehead atoms. The van der Waals surface area contributed by atoms with E-state index < -0.39 is 0 Å². The summed E-state index contributed by atoms with van der Waals surface area (Å²) >= 11 is 0. The monoisotopic (exact) mass is 177 g/mol. The molecular formula is C10H15N3. The number of hydrogen-bond donors (Lipinski definition) is 1. The molecule has 1 aromatic heterocycles. The first-order valence-electron chi connectivity index (χ1n) is 4.81. The van der Waals surface area contributed by atoms with E-state index in [-0.39, 0.29) is 0 Å². The van der Waals surface area contributed by atoms with Gasteiger partial charge in [-0.2, -0.15) is 0 Å². The smallest absolute Gasteiger partial charge is 0.133 e. The molecule has 1 aromatic rings. The van der Waals surface area contributed by atoms with Crippen LogP contribution in [0.4, 0.5) is 5.82 Å². The van der Waals surface area contributed by atoms with Gasteiger partial charge in [0.05, 0.1) is 0 Å². The Kier molecular flexibility index (Phi) is 1.94. The lowest BCUT2D eigenvalue weighted by Gasteiger charge is -2.06. The van der Waals surface area contributed by atoms with E-state index in [0.29, 0.717) is 17.7 Å². The molecule has 3 heteroatoms. The molecule has 1 heterocycles. The van der Waals surface area contributed by atoms with Crippen LogP contribution in [-0.2, 0) is 0 Å². The fourth-order valence-electron chi connectivity index (χ4n) is 1.35. The first kappa shape index (κ1) is 8.48. The minimum absolute atomic E-state index is 0.362. The summed E-state index contributed by atoms with van der Waals surface area (Å²) in [6.45, 7) is 4.18. The molecule has 0 unspecified atom stereocenters. The molecule has 1 aliphatic carbocycles. The number of rotatable bonds is 2. The minimum Gasteiger partial charge on any atom is -0.384 e. The van der Waals surface area contributed by atoms with E-state index in [1.807, 2.05) is 6.07 Å². The van der Waals surface area contributed by atoms with E-state index in [1.165, 1.54) is 12.8 Å². The number of nitrogen functional groups attached to an aromatic ring is 1. The summed E-state index contributed by atoms with van der Waals surface area (Å²) in [5.41, 5.74) is 6.85. The van der Waals surface area contributed by atoms with E-state index >= 15 is 0 Å². The molecule has 2 N–H and O–H groups in total. The van der Waals surface area contributed by atoms with E-state index in [9.17, 15) is 0 Å². The van der Waals surface area contributed by atoms with Gasteiger partial charge in [0, 0.05) is 23.6 Å². The number of nitrogens with two attached hydrogens (primary N) is 1. The van der Waals surface area contributed by atoms with Gasteiger partial charge in [0.1, 0.15) is 11.6 Å². The maximum absolute atomic E-state index is 5.71. The van der Waals surface area contributed by atoms with Crippen molar-refractivity contribution in [1.82, 2.24) is 9.97 Å². The molecule has 0 amide bonds. The molecule has 70 valence electrons. The SMILES string of the molecule is CC(C)c1nc(N)cc(C2CC2)n1. The van der Waals surface area contributed by atoms with Crippen LogP contribution in [-0.4, -0.2) is 9.97 Å². The molecule has 13 heavy (non-hydrogen) atoms. The van der Waals surface area contributed by atoms with E-state index in [4.69, 9.17) is 5.73 Å². The van der Waals surface area contributed by atoms with Crippen LogP contribution in [0.15, 0.2) is 6.07 Å². The first-order chi connectivity index (χ1) is 6.16. The largest absolute Gasteiger partial charge is 0.384 e. The zero-order valence-electron chi connectivity index (χ0n) is 8.12. The van der Waals surface area contributed by atoms with Gasteiger partial charge in [-0.15, -0.1) is 0 Å². The predicted molar refractivity (Wildman–Crippen MR) is 52.5 cm³/mol. The third-order valence-corrected chi connectivity index (χ3v) is 2.30. The highest BCUT2D eigenvalue weighted by molar-refractivity contribution is 5.33. The molecular weight excluding hydrogens is 162 g/mol. The molecule has 1 fully saturated rings. The van der Waals surface area contributed by atoms with Crippen molar-refractivity contribution >= 4 is 5.82 Å². The molecule has 0 saturated heterocycles. The summed E-state index contributed by atoms with van der Waals surface area (Å²) in [5, 5.41) is 0. The summed E-state index contributed by atoms with van der Waals surface area (Å²) in [6, 6.07) is 1.91. The van der Waals surface area contributed by atoms with Crippen LogP contribution in [0.25, 0.3) is 0 Å². The van der Waals surface area contributed by atoms with Gasteiger partial charge < -0.3 is 5.73 Å². The second kappa shape index (κ2) is 2.98. The summed E-state index contributed by atoms with van der Waals surface area (Å²) in [7, 11) is 0. The van der Waals surface area contributed by atoms with Crippen molar-refractivity contribution in [3.05, 3.63) is 17.6 Å². The van der Waals surface area contributed by atoms with Crippen LogP contribution in [0.1, 0.15) is 50.0 Å². The van der Waals surface area contributed by atoms with Crippen molar-refractivity contribution in [2.24, 2.45) is 0 Å². The highest BCUT2D eigenvalue weighted by atomic mass is 15.0. The molecule has 0 atom stereocenters. The molecule has 0 aliphatic heterocycles. The second-order valence-corrected chi connectivity index (χ2v) is 4.00. The normalized spacial score (nSPS) is 16.5. The minimum atomic E-state index is 0.362. The third kappa shape index (κ3) is 1.79. The van der Waals surface area contributed by atoms with Crippen molar-refractivity contribution in [3.8, 4) is 0 Å². The number of hydrogen-bond acceptors (Lipinski definition) is 3.